The summed E-state index contributed by atoms with van der Waals surface area (Å²) in [7, 11) is -4.94. The van der Waals surface area contributed by atoms with Crippen LogP contribution in [0, 0.1) is 10.2 Å². The van der Waals surface area contributed by atoms with Crippen molar-refractivity contribution in [1.82, 2.24) is 0 Å². The van der Waals surface area contributed by atoms with Crippen molar-refractivity contribution in [2.24, 2.45) is 0 Å². The molecule has 0 saturated heterocycles. The van der Waals surface area contributed by atoms with Crippen LogP contribution in [-0.4, -0.2) is 0 Å². The fourth-order valence-corrected chi connectivity index (χ4v) is 4.51. The monoisotopic (exact) mass is 480 g/mol. The zero-order valence-corrected chi connectivity index (χ0v) is 20.1. The van der Waals surface area contributed by atoms with Gasteiger partial charge in [-0.25, -0.2) is 18.6 Å². The van der Waals surface area contributed by atoms with Crippen LogP contribution in [-0.2, 0) is 12.8 Å². The molecular weight excluding hydrogens is 456 g/mol. The van der Waals surface area contributed by atoms with Crippen LogP contribution in [0.4, 0.5) is 0 Å². The van der Waals surface area contributed by atoms with E-state index < -0.39 is 10.2 Å². The van der Waals surface area contributed by atoms with E-state index in [9.17, 15) is 0 Å². The Morgan fingerprint density at radius 1 is 0.545 bits per heavy atom. The molecule has 6 heteroatoms. The summed E-state index contributed by atoms with van der Waals surface area (Å²) in [4.78, 5) is 2.61. The van der Waals surface area contributed by atoms with Crippen molar-refractivity contribution in [1.29, 1.82) is 0 Å². The minimum absolute atomic E-state index is 1.07. The third-order valence-electron chi connectivity index (χ3n) is 5.19. The van der Waals surface area contributed by atoms with Gasteiger partial charge in [-0.3, -0.25) is 0 Å². The summed E-state index contributed by atoms with van der Waals surface area (Å²) in [6, 6.07) is 33.3. The molecule has 0 fully saturated rings. The van der Waals surface area contributed by atoms with Gasteiger partial charge in [-0.2, -0.15) is 0 Å². The van der Waals surface area contributed by atoms with Gasteiger partial charge in [0.15, 0.2) is 0 Å². The average molecular weight is 481 g/mol. The summed E-state index contributed by atoms with van der Waals surface area (Å²) in [6.45, 7) is 4.40. The standard InChI is InChI=1S/C27H25S.ClHO4/c1-3-20-10-14-23(15-11-20)26-18-25(22-8-6-5-7-9-22)19-27(28-26)24-16-12-21(4-2)13-17-24;2-1(3,4)5/h5-19H,3-4H2,1-2H3;(H,2,3,4,5)/q+1;/p-1. The molecule has 4 aromatic rings. The van der Waals surface area contributed by atoms with Crippen LogP contribution in [0.1, 0.15) is 25.0 Å². The summed E-state index contributed by atoms with van der Waals surface area (Å²) < 4.78 is 34.0. The highest BCUT2D eigenvalue weighted by atomic mass is 35.7. The largest absolute Gasteiger partial charge is 0.239 e. The highest BCUT2D eigenvalue weighted by molar-refractivity contribution is 7.18. The molecule has 0 saturated carbocycles. The maximum absolute atomic E-state index is 8.49. The highest BCUT2D eigenvalue weighted by Crippen LogP contribution is 2.37. The van der Waals surface area contributed by atoms with E-state index >= 15 is 0 Å². The number of benzene rings is 3. The van der Waals surface area contributed by atoms with Gasteiger partial charge in [0.05, 0.1) is 0 Å². The zero-order chi connectivity index (χ0) is 23.8. The Kier molecular flexibility index (Phi) is 8.69. The smallest absolute Gasteiger partial charge is 0.222 e. The number of hydrogen-bond donors (Lipinski definition) is 0. The molecule has 0 amide bonds. The number of rotatable bonds is 5. The molecule has 0 aliphatic carbocycles. The maximum atomic E-state index is 8.49. The van der Waals surface area contributed by atoms with E-state index in [1.165, 1.54) is 43.1 Å². The summed E-state index contributed by atoms with van der Waals surface area (Å²) in [5.74, 6) is 0. The van der Waals surface area contributed by atoms with Crippen LogP contribution in [0.25, 0.3) is 32.0 Å². The van der Waals surface area contributed by atoms with Gasteiger partial charge in [0, 0.05) is 23.3 Å². The predicted molar refractivity (Wildman–Crippen MR) is 124 cm³/mol. The van der Waals surface area contributed by atoms with Gasteiger partial charge in [0.1, 0.15) is 0 Å². The first kappa shape index (κ1) is 25.0. The van der Waals surface area contributed by atoms with Crippen molar-refractivity contribution >= 4 is 11.3 Å². The van der Waals surface area contributed by atoms with Crippen LogP contribution in [0.5, 0.6) is 0 Å². The Hall–Kier alpha value is -2.64. The molecule has 4 rings (SSSR count). The van der Waals surface area contributed by atoms with E-state index in [0.717, 1.165) is 12.8 Å². The summed E-state index contributed by atoms with van der Waals surface area (Å²) in [5, 5.41) is 0. The Morgan fingerprint density at radius 3 is 1.30 bits per heavy atom. The van der Waals surface area contributed by atoms with Gasteiger partial charge in [0.2, 0.25) is 21.1 Å². The van der Waals surface area contributed by atoms with Crippen LogP contribution >= 0.6 is 11.3 Å². The lowest BCUT2D eigenvalue weighted by molar-refractivity contribution is -2.00. The Morgan fingerprint density at radius 2 is 0.939 bits per heavy atom. The molecule has 0 aliphatic rings. The van der Waals surface area contributed by atoms with E-state index in [0.29, 0.717) is 0 Å². The van der Waals surface area contributed by atoms with Gasteiger partial charge < -0.3 is 0 Å². The molecule has 0 unspecified atom stereocenters. The van der Waals surface area contributed by atoms with E-state index in [1.807, 2.05) is 11.3 Å². The van der Waals surface area contributed by atoms with Crippen LogP contribution in [0.15, 0.2) is 91.0 Å². The highest BCUT2D eigenvalue weighted by Gasteiger charge is 2.19. The van der Waals surface area contributed by atoms with Crippen molar-refractivity contribution in [3.8, 4) is 32.0 Å². The normalized spacial score (nSPS) is 11.0. The summed E-state index contributed by atoms with van der Waals surface area (Å²) in [5.41, 5.74) is 7.85. The first-order valence-electron chi connectivity index (χ1n) is 10.6. The average Bonchev–Trinajstić information content (AvgIpc) is 2.83. The Labute approximate surface area is 200 Å². The van der Waals surface area contributed by atoms with Crippen LogP contribution in [0.2, 0.25) is 0 Å². The second kappa shape index (κ2) is 11.5. The van der Waals surface area contributed by atoms with Crippen molar-refractivity contribution in [3.05, 3.63) is 102 Å². The minimum Gasteiger partial charge on any atom is -0.222 e. The third-order valence-corrected chi connectivity index (χ3v) is 6.34. The molecule has 0 N–H and O–H groups in total. The summed E-state index contributed by atoms with van der Waals surface area (Å²) in [6.07, 6.45) is 2.14. The molecule has 0 spiro atoms. The van der Waals surface area contributed by atoms with E-state index in [2.05, 4.69) is 105 Å². The second-order valence-electron chi connectivity index (χ2n) is 7.42. The molecule has 0 radical (unpaired) electrons. The lowest BCUT2D eigenvalue weighted by Gasteiger charge is -2.17. The van der Waals surface area contributed by atoms with Crippen molar-refractivity contribution in [3.63, 3.8) is 0 Å². The quantitative estimate of drug-likeness (QED) is 0.409. The maximum Gasteiger partial charge on any atom is 0.239 e. The predicted octanol–water partition coefficient (Wildman–Crippen LogP) is 3.40. The molecule has 1 aromatic heterocycles. The molecule has 33 heavy (non-hydrogen) atoms. The van der Waals surface area contributed by atoms with Gasteiger partial charge in [-0.1, -0.05) is 68.4 Å². The van der Waals surface area contributed by atoms with Gasteiger partial charge in [0.25, 0.3) is 0 Å². The second-order valence-corrected chi connectivity index (χ2v) is 9.26. The molecule has 0 bridgehead atoms. The number of halogens is 1. The van der Waals surface area contributed by atoms with E-state index in [4.69, 9.17) is 18.6 Å². The fraction of sp³-hybridized carbons (Fsp3) is 0.148. The van der Waals surface area contributed by atoms with Crippen molar-refractivity contribution < 1.29 is 28.9 Å². The first-order chi connectivity index (χ1) is 15.8. The number of aryl methyl sites for hydroxylation is 2. The Bertz CT molecular complexity index is 1080. The Balaban J connectivity index is 0.000000555. The molecular formula is C27H25ClO4S. The van der Waals surface area contributed by atoms with Crippen LogP contribution in [0.3, 0.4) is 0 Å². The van der Waals surface area contributed by atoms with Crippen molar-refractivity contribution in [2.45, 2.75) is 26.7 Å². The molecule has 1 heterocycles. The zero-order valence-electron chi connectivity index (χ0n) is 18.5. The van der Waals surface area contributed by atoms with E-state index in [-0.39, 0.29) is 0 Å². The van der Waals surface area contributed by atoms with E-state index in [1.54, 1.807) is 0 Å². The minimum atomic E-state index is -4.94. The molecule has 4 nitrogen and oxygen atoms in total. The lowest BCUT2D eigenvalue weighted by Crippen LogP contribution is -2.68. The van der Waals surface area contributed by atoms with Crippen LogP contribution < -0.4 is 18.6 Å². The van der Waals surface area contributed by atoms with Gasteiger partial charge in [-0.15, -0.1) is 10.2 Å². The lowest BCUT2D eigenvalue weighted by atomic mass is 10.0. The molecule has 170 valence electrons. The topological polar surface area (TPSA) is 92.2 Å². The molecule has 0 aliphatic heterocycles. The van der Waals surface area contributed by atoms with Gasteiger partial charge in [-0.05, 0) is 59.4 Å². The number of hydrogen-bond acceptors (Lipinski definition) is 4. The van der Waals surface area contributed by atoms with Crippen molar-refractivity contribution in [2.75, 3.05) is 0 Å². The van der Waals surface area contributed by atoms with Gasteiger partial charge >= 0.3 is 0 Å². The first-order valence-corrected chi connectivity index (χ1v) is 12.7. The molecule has 0 atom stereocenters. The summed E-state index contributed by atoms with van der Waals surface area (Å²) >= 11 is 1.86. The molecule has 3 aromatic carbocycles. The third kappa shape index (κ3) is 7.72. The SMILES string of the molecule is CCc1ccc(-c2cc(-c3ccccc3)cc(-c3ccc(CC)cc3)[s+]2)cc1.[O-][Cl+3]([O-])([O-])[O-]. The fourth-order valence-electron chi connectivity index (χ4n) is 3.39.